The Balaban J connectivity index is 0.00000100. The lowest BCUT2D eigenvalue weighted by Gasteiger charge is -2.17. The van der Waals surface area contributed by atoms with Gasteiger partial charge in [0, 0.05) is 13.3 Å². The number of nitrogen functional groups attached to an aromatic ring is 1. The van der Waals surface area contributed by atoms with E-state index in [2.05, 4.69) is 15.2 Å². The molecule has 3 heterocycles. The number of methoxy groups -OCH3 is 1. The van der Waals surface area contributed by atoms with Gasteiger partial charge >= 0.3 is 0 Å². The zero-order valence-electron chi connectivity index (χ0n) is 14.8. The summed E-state index contributed by atoms with van der Waals surface area (Å²) in [5.41, 5.74) is 6.72. The van der Waals surface area contributed by atoms with E-state index in [-0.39, 0.29) is 12.1 Å². The Morgan fingerprint density at radius 3 is 2.79 bits per heavy atom. The summed E-state index contributed by atoms with van der Waals surface area (Å²) in [5.74, 6) is 1.96. The number of rotatable bonds is 4. The Bertz CT molecular complexity index is 672. The second-order valence-electron chi connectivity index (χ2n) is 5.33. The SMILES string of the molecule is CC.COCC1COc2c(ccnc2OC(C)C)-c2nnc(N)n21. The van der Waals surface area contributed by atoms with Crippen LogP contribution in [-0.2, 0) is 4.74 Å². The maximum absolute atomic E-state index is 5.96. The minimum atomic E-state index is -0.116. The van der Waals surface area contributed by atoms with E-state index in [9.17, 15) is 0 Å². The molecule has 1 unspecified atom stereocenters. The molecule has 8 heteroatoms. The predicted molar refractivity (Wildman–Crippen MR) is 91.2 cm³/mol. The summed E-state index contributed by atoms with van der Waals surface area (Å²) in [6.07, 6.45) is 1.65. The van der Waals surface area contributed by atoms with Crippen LogP contribution in [0.2, 0.25) is 0 Å². The highest BCUT2D eigenvalue weighted by molar-refractivity contribution is 5.68. The van der Waals surface area contributed by atoms with Crippen LogP contribution in [-0.4, -0.2) is 46.2 Å². The predicted octanol–water partition coefficient (Wildman–Crippen LogP) is 2.32. The van der Waals surface area contributed by atoms with Crippen molar-refractivity contribution in [3.8, 4) is 23.0 Å². The van der Waals surface area contributed by atoms with E-state index < -0.39 is 0 Å². The molecule has 0 radical (unpaired) electrons. The summed E-state index contributed by atoms with van der Waals surface area (Å²) in [6.45, 7) is 8.69. The van der Waals surface area contributed by atoms with Crippen LogP contribution in [0.3, 0.4) is 0 Å². The van der Waals surface area contributed by atoms with E-state index in [1.54, 1.807) is 13.3 Å². The van der Waals surface area contributed by atoms with Gasteiger partial charge in [-0.15, -0.1) is 10.2 Å². The van der Waals surface area contributed by atoms with Gasteiger partial charge in [0.1, 0.15) is 6.61 Å². The van der Waals surface area contributed by atoms with E-state index in [1.807, 2.05) is 38.3 Å². The molecule has 0 spiro atoms. The first-order valence-corrected chi connectivity index (χ1v) is 8.10. The van der Waals surface area contributed by atoms with Crippen LogP contribution in [0.4, 0.5) is 5.95 Å². The minimum Gasteiger partial charge on any atom is -0.485 e. The fraction of sp³-hybridized carbons (Fsp3) is 0.562. The van der Waals surface area contributed by atoms with Crippen LogP contribution >= 0.6 is 0 Å². The molecule has 2 N–H and O–H groups in total. The van der Waals surface area contributed by atoms with Crippen LogP contribution in [0.15, 0.2) is 12.3 Å². The summed E-state index contributed by atoms with van der Waals surface area (Å²) in [4.78, 5) is 4.26. The van der Waals surface area contributed by atoms with Crippen LogP contribution in [0, 0.1) is 0 Å². The van der Waals surface area contributed by atoms with E-state index in [4.69, 9.17) is 19.9 Å². The second kappa shape index (κ2) is 7.96. The number of aromatic nitrogens is 4. The van der Waals surface area contributed by atoms with Crippen molar-refractivity contribution in [2.45, 2.75) is 39.8 Å². The lowest BCUT2D eigenvalue weighted by Crippen LogP contribution is -2.22. The molecular formula is C16H25N5O3. The fourth-order valence-corrected chi connectivity index (χ4v) is 2.47. The highest BCUT2D eigenvalue weighted by atomic mass is 16.5. The molecule has 0 saturated carbocycles. The molecule has 1 atom stereocenters. The second-order valence-corrected chi connectivity index (χ2v) is 5.33. The number of fused-ring (bicyclic) bond motifs is 3. The number of ether oxygens (including phenoxy) is 3. The lowest BCUT2D eigenvalue weighted by atomic mass is 10.2. The third-order valence-electron chi connectivity index (χ3n) is 3.33. The molecule has 1 aliphatic heterocycles. The average Bonchev–Trinajstić information content (AvgIpc) is 2.86. The standard InChI is InChI=1S/C14H19N5O3.C2H6/c1-8(2)22-13-11-10(4-5-16-13)12-17-18-14(15)19(12)9(6-20-3)7-21-11;1-2/h4-5,8-9H,6-7H2,1-3H3,(H2,15,18);1-2H3. The molecule has 2 aromatic heterocycles. The summed E-state index contributed by atoms with van der Waals surface area (Å²) in [7, 11) is 1.63. The van der Waals surface area contributed by atoms with Crippen LogP contribution in [0.25, 0.3) is 11.4 Å². The molecule has 0 fully saturated rings. The number of pyridine rings is 1. The van der Waals surface area contributed by atoms with Gasteiger partial charge in [0.05, 0.1) is 24.3 Å². The van der Waals surface area contributed by atoms with Crippen molar-refractivity contribution in [2.24, 2.45) is 0 Å². The topological polar surface area (TPSA) is 97.3 Å². The first kappa shape index (κ1) is 18.0. The highest BCUT2D eigenvalue weighted by Gasteiger charge is 2.29. The van der Waals surface area contributed by atoms with Crippen LogP contribution in [0.5, 0.6) is 11.6 Å². The highest BCUT2D eigenvalue weighted by Crippen LogP contribution is 2.40. The number of hydrogen-bond donors (Lipinski definition) is 1. The van der Waals surface area contributed by atoms with Gasteiger partial charge in [-0.05, 0) is 19.9 Å². The summed E-state index contributed by atoms with van der Waals surface area (Å²) >= 11 is 0. The number of hydrogen-bond acceptors (Lipinski definition) is 7. The monoisotopic (exact) mass is 335 g/mol. The van der Waals surface area contributed by atoms with Crippen LogP contribution < -0.4 is 15.2 Å². The zero-order valence-corrected chi connectivity index (χ0v) is 14.8. The van der Waals surface area contributed by atoms with Crippen molar-refractivity contribution in [1.29, 1.82) is 0 Å². The van der Waals surface area contributed by atoms with Gasteiger partial charge in [-0.25, -0.2) is 4.98 Å². The van der Waals surface area contributed by atoms with Crippen molar-refractivity contribution in [3.05, 3.63) is 12.3 Å². The summed E-state index contributed by atoms with van der Waals surface area (Å²) in [5, 5.41) is 8.16. The van der Waals surface area contributed by atoms with Gasteiger partial charge in [-0.3, -0.25) is 4.57 Å². The summed E-state index contributed by atoms with van der Waals surface area (Å²) < 4.78 is 18.7. The number of nitrogens with two attached hydrogens (primary N) is 1. The smallest absolute Gasteiger partial charge is 0.258 e. The lowest BCUT2D eigenvalue weighted by molar-refractivity contribution is 0.123. The molecule has 8 nitrogen and oxygen atoms in total. The van der Waals surface area contributed by atoms with E-state index in [1.165, 1.54) is 0 Å². The van der Waals surface area contributed by atoms with Gasteiger partial charge in [-0.1, -0.05) is 13.8 Å². The van der Waals surface area contributed by atoms with E-state index in [0.717, 1.165) is 5.56 Å². The Hall–Kier alpha value is -2.35. The maximum atomic E-state index is 5.96. The number of nitrogens with zero attached hydrogens (tertiary/aromatic N) is 4. The molecule has 0 bridgehead atoms. The molecule has 0 aliphatic carbocycles. The van der Waals surface area contributed by atoms with Crippen molar-refractivity contribution >= 4 is 5.95 Å². The Kier molecular flexibility index (Phi) is 5.97. The molecule has 0 aromatic carbocycles. The van der Waals surface area contributed by atoms with Gasteiger partial charge in [0.2, 0.25) is 5.95 Å². The third-order valence-corrected chi connectivity index (χ3v) is 3.33. The van der Waals surface area contributed by atoms with E-state index >= 15 is 0 Å². The third kappa shape index (κ3) is 3.43. The molecule has 0 amide bonds. The minimum absolute atomic E-state index is 0.0106. The van der Waals surface area contributed by atoms with Gasteiger partial charge in [0.15, 0.2) is 11.6 Å². The zero-order chi connectivity index (χ0) is 17.7. The van der Waals surface area contributed by atoms with E-state index in [0.29, 0.717) is 36.6 Å². The normalized spacial score (nSPS) is 15.5. The maximum Gasteiger partial charge on any atom is 0.258 e. The van der Waals surface area contributed by atoms with Crippen molar-refractivity contribution in [3.63, 3.8) is 0 Å². The molecule has 3 rings (SSSR count). The molecule has 132 valence electrons. The van der Waals surface area contributed by atoms with Gasteiger partial charge in [0.25, 0.3) is 5.88 Å². The average molecular weight is 335 g/mol. The molecule has 1 aliphatic rings. The van der Waals surface area contributed by atoms with Crippen LogP contribution in [0.1, 0.15) is 33.7 Å². The Morgan fingerprint density at radius 2 is 2.12 bits per heavy atom. The number of anilines is 1. The summed E-state index contributed by atoms with van der Waals surface area (Å²) in [6, 6.07) is 1.70. The largest absolute Gasteiger partial charge is 0.485 e. The molecular weight excluding hydrogens is 310 g/mol. The molecule has 2 aromatic rings. The first-order chi connectivity index (χ1) is 11.6. The van der Waals surface area contributed by atoms with Gasteiger partial charge in [-0.2, -0.15) is 0 Å². The van der Waals surface area contributed by atoms with Crippen molar-refractivity contribution < 1.29 is 14.2 Å². The molecule has 0 saturated heterocycles. The quantitative estimate of drug-likeness (QED) is 0.915. The Labute approximate surface area is 142 Å². The van der Waals surface area contributed by atoms with Gasteiger partial charge < -0.3 is 19.9 Å². The Morgan fingerprint density at radius 1 is 1.38 bits per heavy atom. The van der Waals surface area contributed by atoms with Crippen molar-refractivity contribution in [1.82, 2.24) is 19.7 Å². The van der Waals surface area contributed by atoms with Crippen molar-refractivity contribution in [2.75, 3.05) is 26.1 Å². The first-order valence-electron chi connectivity index (χ1n) is 8.10. The fourth-order valence-electron chi connectivity index (χ4n) is 2.47. The molecule has 24 heavy (non-hydrogen) atoms.